The Labute approximate surface area is 115 Å². The maximum absolute atomic E-state index is 12.9. The van der Waals surface area contributed by atoms with Gasteiger partial charge in [-0.1, -0.05) is 18.2 Å². The van der Waals surface area contributed by atoms with Gasteiger partial charge in [0.25, 0.3) is 5.91 Å². The van der Waals surface area contributed by atoms with Gasteiger partial charge in [0.1, 0.15) is 17.6 Å². The van der Waals surface area contributed by atoms with Crippen molar-refractivity contribution in [2.75, 3.05) is 11.9 Å². The predicted octanol–water partition coefficient (Wildman–Crippen LogP) is 2.71. The molecule has 4 nitrogen and oxygen atoms in total. The summed E-state index contributed by atoms with van der Waals surface area (Å²) >= 11 is 0. The highest BCUT2D eigenvalue weighted by Crippen LogP contribution is 2.14. The SMILES string of the molecule is N#Cc1ccccc1NC(=O)COc1cccc(F)c1. The Hall–Kier alpha value is -2.87. The first-order valence-corrected chi connectivity index (χ1v) is 5.86. The summed E-state index contributed by atoms with van der Waals surface area (Å²) < 4.78 is 18.1. The summed E-state index contributed by atoms with van der Waals surface area (Å²) in [5.74, 6) is -0.580. The molecule has 0 aliphatic carbocycles. The van der Waals surface area contributed by atoms with E-state index in [1.807, 2.05) is 6.07 Å². The number of nitriles is 1. The molecule has 0 unspecified atom stereocenters. The van der Waals surface area contributed by atoms with Crippen LogP contribution >= 0.6 is 0 Å². The number of ether oxygens (including phenoxy) is 1. The van der Waals surface area contributed by atoms with Gasteiger partial charge in [-0.05, 0) is 24.3 Å². The van der Waals surface area contributed by atoms with E-state index in [0.717, 1.165) is 0 Å². The van der Waals surface area contributed by atoms with E-state index in [0.29, 0.717) is 11.3 Å². The lowest BCUT2D eigenvalue weighted by molar-refractivity contribution is -0.118. The lowest BCUT2D eigenvalue weighted by atomic mass is 10.2. The quantitative estimate of drug-likeness (QED) is 0.929. The molecule has 0 aliphatic rings. The van der Waals surface area contributed by atoms with Crippen LogP contribution in [0.2, 0.25) is 0 Å². The smallest absolute Gasteiger partial charge is 0.262 e. The van der Waals surface area contributed by atoms with E-state index in [-0.39, 0.29) is 12.4 Å². The van der Waals surface area contributed by atoms with E-state index in [2.05, 4.69) is 5.32 Å². The normalized spacial score (nSPS) is 9.60. The Kier molecular flexibility index (Phi) is 4.30. The first kappa shape index (κ1) is 13.6. The van der Waals surface area contributed by atoms with Crippen LogP contribution in [0.3, 0.4) is 0 Å². The van der Waals surface area contributed by atoms with Crippen molar-refractivity contribution >= 4 is 11.6 Å². The minimum atomic E-state index is -0.433. The van der Waals surface area contributed by atoms with Crippen molar-refractivity contribution in [1.29, 1.82) is 5.26 Å². The molecule has 0 heterocycles. The van der Waals surface area contributed by atoms with Crippen LogP contribution < -0.4 is 10.1 Å². The summed E-state index contributed by atoms with van der Waals surface area (Å²) in [4.78, 5) is 11.7. The molecule has 100 valence electrons. The van der Waals surface area contributed by atoms with Gasteiger partial charge in [0, 0.05) is 6.07 Å². The number of anilines is 1. The lowest BCUT2D eigenvalue weighted by Crippen LogP contribution is -2.20. The van der Waals surface area contributed by atoms with Crippen LogP contribution in [0.4, 0.5) is 10.1 Å². The number of para-hydroxylation sites is 1. The fourth-order valence-corrected chi connectivity index (χ4v) is 1.58. The van der Waals surface area contributed by atoms with Crippen LogP contribution in [-0.4, -0.2) is 12.5 Å². The molecule has 0 saturated heterocycles. The van der Waals surface area contributed by atoms with E-state index in [9.17, 15) is 9.18 Å². The van der Waals surface area contributed by atoms with Crippen LogP contribution in [0.5, 0.6) is 5.75 Å². The van der Waals surface area contributed by atoms with Crippen molar-refractivity contribution in [3.8, 4) is 11.8 Å². The van der Waals surface area contributed by atoms with E-state index < -0.39 is 11.7 Å². The molecule has 2 aromatic rings. The number of nitrogens with zero attached hydrogens (tertiary/aromatic N) is 1. The van der Waals surface area contributed by atoms with Gasteiger partial charge in [-0.2, -0.15) is 5.26 Å². The molecule has 20 heavy (non-hydrogen) atoms. The highest BCUT2D eigenvalue weighted by Gasteiger charge is 2.07. The first-order valence-electron chi connectivity index (χ1n) is 5.86. The minimum absolute atomic E-state index is 0.261. The zero-order chi connectivity index (χ0) is 14.4. The predicted molar refractivity (Wildman–Crippen MR) is 71.7 cm³/mol. The number of halogens is 1. The number of benzene rings is 2. The van der Waals surface area contributed by atoms with Crippen molar-refractivity contribution in [2.24, 2.45) is 0 Å². The van der Waals surface area contributed by atoms with Gasteiger partial charge in [-0.25, -0.2) is 4.39 Å². The molecule has 1 N–H and O–H groups in total. The summed E-state index contributed by atoms with van der Waals surface area (Å²) in [5.41, 5.74) is 0.787. The fraction of sp³-hybridized carbons (Fsp3) is 0.0667. The summed E-state index contributed by atoms with van der Waals surface area (Å²) in [7, 11) is 0. The zero-order valence-electron chi connectivity index (χ0n) is 10.5. The number of rotatable bonds is 4. The fourth-order valence-electron chi connectivity index (χ4n) is 1.58. The van der Waals surface area contributed by atoms with Gasteiger partial charge in [0.05, 0.1) is 11.3 Å². The van der Waals surface area contributed by atoms with E-state index in [1.165, 1.54) is 18.2 Å². The topological polar surface area (TPSA) is 62.1 Å². The Bertz CT molecular complexity index is 665. The molecule has 0 saturated carbocycles. The average Bonchev–Trinajstić information content (AvgIpc) is 2.46. The maximum Gasteiger partial charge on any atom is 0.262 e. The molecular weight excluding hydrogens is 259 g/mol. The Morgan fingerprint density at radius 3 is 2.80 bits per heavy atom. The van der Waals surface area contributed by atoms with Crippen LogP contribution in [0.1, 0.15) is 5.56 Å². The van der Waals surface area contributed by atoms with Gasteiger partial charge >= 0.3 is 0 Å². The second-order valence-electron chi connectivity index (χ2n) is 3.95. The maximum atomic E-state index is 12.9. The van der Waals surface area contributed by atoms with Crippen molar-refractivity contribution < 1.29 is 13.9 Å². The van der Waals surface area contributed by atoms with E-state index >= 15 is 0 Å². The number of hydrogen-bond donors (Lipinski definition) is 1. The molecular formula is C15H11FN2O2. The third-order valence-corrected chi connectivity index (χ3v) is 2.49. The molecule has 0 spiro atoms. The molecule has 0 aromatic heterocycles. The standard InChI is InChI=1S/C15H11FN2O2/c16-12-5-3-6-13(8-12)20-10-15(19)18-14-7-2-1-4-11(14)9-17/h1-8H,10H2,(H,18,19). The number of carbonyl (C=O) groups excluding carboxylic acids is 1. The molecule has 0 aliphatic heterocycles. The number of carbonyl (C=O) groups is 1. The van der Waals surface area contributed by atoms with Gasteiger partial charge in [-0.3, -0.25) is 4.79 Å². The zero-order valence-corrected chi connectivity index (χ0v) is 10.5. The molecule has 0 bridgehead atoms. The van der Waals surface area contributed by atoms with E-state index in [1.54, 1.807) is 30.3 Å². The monoisotopic (exact) mass is 270 g/mol. The van der Waals surface area contributed by atoms with Gasteiger partial charge in [0.15, 0.2) is 6.61 Å². The first-order chi connectivity index (χ1) is 9.69. The molecule has 5 heteroatoms. The Morgan fingerprint density at radius 1 is 1.25 bits per heavy atom. The summed E-state index contributed by atoms with van der Waals surface area (Å²) in [6.45, 7) is -0.261. The highest BCUT2D eigenvalue weighted by molar-refractivity contribution is 5.93. The molecule has 0 atom stereocenters. The number of amides is 1. The van der Waals surface area contributed by atoms with E-state index in [4.69, 9.17) is 10.00 Å². The lowest BCUT2D eigenvalue weighted by Gasteiger charge is -2.08. The van der Waals surface area contributed by atoms with Crippen LogP contribution in [0, 0.1) is 17.1 Å². The second kappa shape index (κ2) is 6.34. The summed E-state index contributed by atoms with van der Waals surface area (Å²) in [6.07, 6.45) is 0. The number of hydrogen-bond acceptors (Lipinski definition) is 3. The van der Waals surface area contributed by atoms with Crippen molar-refractivity contribution in [3.63, 3.8) is 0 Å². The van der Waals surface area contributed by atoms with Gasteiger partial charge < -0.3 is 10.1 Å². The third-order valence-electron chi connectivity index (χ3n) is 2.49. The Balaban J connectivity index is 1.95. The van der Waals surface area contributed by atoms with Gasteiger partial charge in [-0.15, -0.1) is 0 Å². The molecule has 2 aromatic carbocycles. The van der Waals surface area contributed by atoms with Crippen molar-refractivity contribution in [1.82, 2.24) is 0 Å². The van der Waals surface area contributed by atoms with Gasteiger partial charge in [0.2, 0.25) is 0 Å². The largest absolute Gasteiger partial charge is 0.484 e. The summed E-state index contributed by atoms with van der Waals surface area (Å²) in [5, 5.41) is 11.5. The minimum Gasteiger partial charge on any atom is -0.484 e. The second-order valence-corrected chi connectivity index (χ2v) is 3.95. The van der Waals surface area contributed by atoms with Crippen molar-refractivity contribution in [3.05, 3.63) is 59.9 Å². The third kappa shape index (κ3) is 3.56. The Morgan fingerprint density at radius 2 is 2.05 bits per heavy atom. The van der Waals surface area contributed by atoms with Crippen LogP contribution in [0.25, 0.3) is 0 Å². The molecule has 0 fully saturated rings. The van der Waals surface area contributed by atoms with Crippen LogP contribution in [-0.2, 0) is 4.79 Å². The molecule has 2 rings (SSSR count). The average molecular weight is 270 g/mol. The van der Waals surface area contributed by atoms with Crippen LogP contribution in [0.15, 0.2) is 48.5 Å². The van der Waals surface area contributed by atoms with Crippen molar-refractivity contribution in [2.45, 2.75) is 0 Å². The summed E-state index contributed by atoms with van der Waals surface area (Å²) in [6, 6.07) is 14.1. The molecule has 0 radical (unpaired) electrons. The highest BCUT2D eigenvalue weighted by atomic mass is 19.1. The number of nitrogens with one attached hydrogen (secondary N) is 1. The molecule has 1 amide bonds.